The van der Waals surface area contributed by atoms with Crippen molar-refractivity contribution in [3.63, 3.8) is 0 Å². The molecule has 2 amide bonds. The van der Waals surface area contributed by atoms with Crippen LogP contribution in [0.2, 0.25) is 0 Å². The molecular weight excluding hydrogens is 314 g/mol. The zero-order valence-electron chi connectivity index (χ0n) is 14.2. The quantitative estimate of drug-likeness (QED) is 0.788. The fourth-order valence-electron chi connectivity index (χ4n) is 3.10. The van der Waals surface area contributed by atoms with E-state index < -0.39 is 0 Å². The van der Waals surface area contributed by atoms with Gasteiger partial charge in [0.15, 0.2) is 0 Å². The second-order valence-electron chi connectivity index (χ2n) is 6.41. The highest BCUT2D eigenvalue weighted by atomic mass is 16.2. The van der Waals surface area contributed by atoms with Crippen LogP contribution in [0.25, 0.3) is 0 Å². The van der Waals surface area contributed by atoms with E-state index in [0.29, 0.717) is 26.1 Å². The summed E-state index contributed by atoms with van der Waals surface area (Å²) in [5.41, 5.74) is 2.31. The van der Waals surface area contributed by atoms with Crippen LogP contribution in [0.15, 0.2) is 54.9 Å². The van der Waals surface area contributed by atoms with E-state index in [9.17, 15) is 9.59 Å². The Kier molecular flexibility index (Phi) is 5.77. The summed E-state index contributed by atoms with van der Waals surface area (Å²) in [6, 6.07) is 14.0. The Labute approximate surface area is 148 Å². The number of carbonyl (C=O) groups excluding carboxylic acids is 2. The molecule has 5 heteroatoms. The van der Waals surface area contributed by atoms with E-state index in [4.69, 9.17) is 0 Å². The molecule has 1 aromatic carbocycles. The van der Waals surface area contributed by atoms with Crippen LogP contribution in [-0.2, 0) is 22.6 Å². The summed E-state index contributed by atoms with van der Waals surface area (Å²) >= 11 is 0. The lowest BCUT2D eigenvalue weighted by Gasteiger charge is -2.16. The van der Waals surface area contributed by atoms with Crippen LogP contribution in [0.3, 0.4) is 0 Å². The summed E-state index contributed by atoms with van der Waals surface area (Å²) in [5.74, 6) is -0.217. The Morgan fingerprint density at radius 3 is 2.64 bits per heavy atom. The van der Waals surface area contributed by atoms with E-state index in [1.807, 2.05) is 30.3 Å². The van der Waals surface area contributed by atoms with Gasteiger partial charge in [0.25, 0.3) is 0 Å². The van der Waals surface area contributed by atoms with Crippen LogP contribution in [0.4, 0.5) is 0 Å². The fourth-order valence-corrected chi connectivity index (χ4v) is 3.10. The predicted molar refractivity (Wildman–Crippen MR) is 95.5 cm³/mol. The van der Waals surface area contributed by atoms with Crippen molar-refractivity contribution in [3.05, 3.63) is 66.0 Å². The van der Waals surface area contributed by atoms with Crippen molar-refractivity contribution in [1.29, 1.82) is 0 Å². The fraction of sp³-hybridized carbons (Fsp3) is 0.350. The molecule has 25 heavy (non-hydrogen) atoms. The Hall–Kier alpha value is -2.69. The number of nitrogens with one attached hydrogen (secondary N) is 1. The van der Waals surface area contributed by atoms with Gasteiger partial charge in [-0.1, -0.05) is 30.3 Å². The second-order valence-corrected chi connectivity index (χ2v) is 6.41. The molecule has 0 radical (unpaired) electrons. The van der Waals surface area contributed by atoms with Gasteiger partial charge in [-0.05, 0) is 36.1 Å². The van der Waals surface area contributed by atoms with Gasteiger partial charge in [-0.3, -0.25) is 14.6 Å². The number of benzene rings is 1. The normalized spacial score (nSPS) is 16.9. The van der Waals surface area contributed by atoms with Crippen molar-refractivity contribution in [2.45, 2.75) is 25.8 Å². The molecule has 0 aliphatic carbocycles. The van der Waals surface area contributed by atoms with Gasteiger partial charge in [0.1, 0.15) is 0 Å². The zero-order chi connectivity index (χ0) is 17.5. The molecule has 0 spiro atoms. The molecule has 1 atom stereocenters. The molecule has 1 aromatic heterocycles. The van der Waals surface area contributed by atoms with Gasteiger partial charge >= 0.3 is 0 Å². The first-order chi connectivity index (χ1) is 12.2. The summed E-state index contributed by atoms with van der Waals surface area (Å²) in [7, 11) is 0. The van der Waals surface area contributed by atoms with Crippen LogP contribution in [0, 0.1) is 5.92 Å². The van der Waals surface area contributed by atoms with Gasteiger partial charge in [0, 0.05) is 38.4 Å². The maximum Gasteiger partial charge on any atom is 0.225 e. The molecule has 1 aliphatic heterocycles. The molecule has 0 saturated carbocycles. The first-order valence-corrected chi connectivity index (χ1v) is 8.70. The topological polar surface area (TPSA) is 62.3 Å². The van der Waals surface area contributed by atoms with Crippen molar-refractivity contribution in [3.8, 4) is 0 Å². The molecule has 1 N–H and O–H groups in total. The molecule has 1 aliphatic rings. The van der Waals surface area contributed by atoms with Gasteiger partial charge in [-0.15, -0.1) is 0 Å². The number of likely N-dealkylation sites (tertiary alicyclic amines) is 1. The van der Waals surface area contributed by atoms with Crippen LogP contribution >= 0.6 is 0 Å². The minimum absolute atomic E-state index is 0.0151. The van der Waals surface area contributed by atoms with E-state index >= 15 is 0 Å². The number of aromatic nitrogens is 1. The van der Waals surface area contributed by atoms with Crippen LogP contribution in [0.1, 0.15) is 24.0 Å². The average molecular weight is 337 g/mol. The summed E-state index contributed by atoms with van der Waals surface area (Å²) in [5, 5.41) is 2.97. The Morgan fingerprint density at radius 1 is 1.12 bits per heavy atom. The number of nitrogens with zero attached hydrogens (tertiary/aromatic N) is 2. The smallest absolute Gasteiger partial charge is 0.225 e. The number of hydrogen-bond donors (Lipinski definition) is 1. The van der Waals surface area contributed by atoms with Gasteiger partial charge in [-0.2, -0.15) is 0 Å². The first-order valence-electron chi connectivity index (χ1n) is 8.70. The van der Waals surface area contributed by atoms with E-state index in [2.05, 4.69) is 22.4 Å². The molecule has 0 bridgehead atoms. The summed E-state index contributed by atoms with van der Waals surface area (Å²) < 4.78 is 0. The number of hydrogen-bond acceptors (Lipinski definition) is 3. The van der Waals surface area contributed by atoms with Crippen LogP contribution < -0.4 is 5.32 Å². The predicted octanol–water partition coefficient (Wildman–Crippen LogP) is 2.18. The highest BCUT2D eigenvalue weighted by Gasteiger charge is 2.33. The minimum Gasteiger partial charge on any atom is -0.356 e. The van der Waals surface area contributed by atoms with Crippen molar-refractivity contribution in [1.82, 2.24) is 15.2 Å². The Bertz CT molecular complexity index is 703. The molecule has 1 unspecified atom stereocenters. The van der Waals surface area contributed by atoms with Crippen molar-refractivity contribution in [2.75, 3.05) is 13.1 Å². The Morgan fingerprint density at radius 2 is 1.88 bits per heavy atom. The number of amides is 2. The number of rotatable bonds is 7. The average Bonchev–Trinajstić information content (AvgIpc) is 3.01. The van der Waals surface area contributed by atoms with Crippen molar-refractivity contribution < 1.29 is 9.59 Å². The first kappa shape index (κ1) is 17.1. The largest absolute Gasteiger partial charge is 0.356 e. The monoisotopic (exact) mass is 337 g/mol. The molecule has 1 fully saturated rings. The lowest BCUT2D eigenvalue weighted by Crippen LogP contribution is -2.33. The van der Waals surface area contributed by atoms with Gasteiger partial charge in [0.2, 0.25) is 11.8 Å². The highest BCUT2D eigenvalue weighted by Crippen LogP contribution is 2.20. The Balaban J connectivity index is 1.41. The van der Waals surface area contributed by atoms with E-state index in [-0.39, 0.29) is 17.7 Å². The van der Waals surface area contributed by atoms with Gasteiger partial charge in [-0.25, -0.2) is 0 Å². The summed E-state index contributed by atoms with van der Waals surface area (Å²) in [6.45, 7) is 1.67. The zero-order valence-corrected chi connectivity index (χ0v) is 14.2. The lowest BCUT2D eigenvalue weighted by atomic mass is 10.1. The molecule has 2 heterocycles. The summed E-state index contributed by atoms with van der Waals surface area (Å²) in [4.78, 5) is 30.2. The second kappa shape index (κ2) is 8.42. The third-order valence-corrected chi connectivity index (χ3v) is 4.49. The lowest BCUT2D eigenvalue weighted by molar-refractivity contribution is -0.129. The van der Waals surface area contributed by atoms with E-state index in [1.165, 1.54) is 5.56 Å². The standard InChI is InChI=1S/C20H23N3O2/c24-19-13-18(15-23(19)14-17-8-11-21-12-9-17)20(25)22-10-4-7-16-5-2-1-3-6-16/h1-3,5-6,8-9,11-12,18H,4,7,10,13-15H2,(H,22,25). The van der Waals surface area contributed by atoms with Crippen molar-refractivity contribution in [2.24, 2.45) is 5.92 Å². The maximum atomic E-state index is 12.3. The number of aryl methyl sites for hydroxylation is 1. The minimum atomic E-state index is -0.244. The third kappa shape index (κ3) is 4.89. The van der Waals surface area contributed by atoms with Crippen molar-refractivity contribution >= 4 is 11.8 Å². The van der Waals surface area contributed by atoms with Crippen LogP contribution in [-0.4, -0.2) is 34.8 Å². The number of pyridine rings is 1. The molecule has 130 valence electrons. The maximum absolute atomic E-state index is 12.3. The summed E-state index contributed by atoms with van der Waals surface area (Å²) in [6.07, 6.45) is 5.57. The van der Waals surface area contributed by atoms with Gasteiger partial charge < -0.3 is 10.2 Å². The van der Waals surface area contributed by atoms with Gasteiger partial charge in [0.05, 0.1) is 5.92 Å². The highest BCUT2D eigenvalue weighted by molar-refractivity contribution is 5.89. The van der Waals surface area contributed by atoms with E-state index in [0.717, 1.165) is 18.4 Å². The molecule has 1 saturated heterocycles. The number of carbonyl (C=O) groups is 2. The van der Waals surface area contributed by atoms with Crippen LogP contribution in [0.5, 0.6) is 0 Å². The molecular formula is C20H23N3O2. The molecule has 2 aromatic rings. The van der Waals surface area contributed by atoms with E-state index in [1.54, 1.807) is 17.3 Å². The third-order valence-electron chi connectivity index (χ3n) is 4.49. The SMILES string of the molecule is O=C(NCCCc1ccccc1)C1CC(=O)N(Cc2ccncc2)C1. The molecule has 3 rings (SSSR count). The molecule has 5 nitrogen and oxygen atoms in total.